The van der Waals surface area contributed by atoms with Gasteiger partial charge in [0.15, 0.2) is 0 Å². The molecule has 0 aromatic heterocycles. The minimum atomic E-state index is 0.436. The third kappa shape index (κ3) is 4.46. The maximum Gasteiger partial charge on any atom is 0.0179 e. The fourth-order valence-corrected chi connectivity index (χ4v) is 3.82. The van der Waals surface area contributed by atoms with Crippen LogP contribution in [0.3, 0.4) is 0 Å². The Kier molecular flexibility index (Phi) is 7.53. The number of nitrogens with one attached hydrogen (secondary N) is 1. The SMILES string of the molecule is CCC(CC)(CCNC)CCC(C)(CC)N1CCCC1. The Bertz CT molecular complexity index is 254. The van der Waals surface area contributed by atoms with Gasteiger partial charge in [-0.05, 0) is 77.5 Å². The highest BCUT2D eigenvalue weighted by atomic mass is 15.2. The van der Waals surface area contributed by atoms with Crippen LogP contribution in [0, 0.1) is 5.41 Å². The fourth-order valence-electron chi connectivity index (χ4n) is 3.82. The van der Waals surface area contributed by atoms with Gasteiger partial charge in [-0.1, -0.05) is 33.6 Å². The molecule has 20 heavy (non-hydrogen) atoms. The molecule has 1 heterocycles. The monoisotopic (exact) mass is 282 g/mol. The van der Waals surface area contributed by atoms with Crippen LogP contribution in [0.1, 0.15) is 79.1 Å². The molecule has 0 aromatic rings. The molecule has 1 saturated heterocycles. The number of likely N-dealkylation sites (tertiary alicyclic amines) is 1. The van der Waals surface area contributed by atoms with Crippen molar-refractivity contribution in [3.63, 3.8) is 0 Å². The summed E-state index contributed by atoms with van der Waals surface area (Å²) in [6.45, 7) is 13.5. The van der Waals surface area contributed by atoms with Crippen LogP contribution in [0.4, 0.5) is 0 Å². The third-order valence-electron chi connectivity index (χ3n) is 6.23. The van der Waals surface area contributed by atoms with Crippen molar-refractivity contribution in [2.45, 2.75) is 84.6 Å². The van der Waals surface area contributed by atoms with Gasteiger partial charge in [0.2, 0.25) is 0 Å². The molecule has 0 aromatic carbocycles. The van der Waals surface area contributed by atoms with Crippen LogP contribution in [0.2, 0.25) is 0 Å². The van der Waals surface area contributed by atoms with E-state index in [-0.39, 0.29) is 0 Å². The lowest BCUT2D eigenvalue weighted by atomic mass is 9.72. The van der Waals surface area contributed by atoms with Crippen molar-refractivity contribution in [1.29, 1.82) is 0 Å². The number of hydrogen-bond donors (Lipinski definition) is 1. The maximum atomic E-state index is 3.35. The maximum absolute atomic E-state index is 3.35. The Hall–Kier alpha value is -0.0800. The lowest BCUT2D eigenvalue weighted by Gasteiger charge is -2.42. The molecule has 2 heteroatoms. The molecule has 2 nitrogen and oxygen atoms in total. The topological polar surface area (TPSA) is 15.3 Å². The Morgan fingerprint density at radius 1 is 0.900 bits per heavy atom. The van der Waals surface area contributed by atoms with Crippen LogP contribution in [0.5, 0.6) is 0 Å². The molecule has 0 aliphatic carbocycles. The third-order valence-corrected chi connectivity index (χ3v) is 6.23. The van der Waals surface area contributed by atoms with E-state index in [1.54, 1.807) is 0 Å². The van der Waals surface area contributed by atoms with Gasteiger partial charge in [-0.25, -0.2) is 0 Å². The van der Waals surface area contributed by atoms with Gasteiger partial charge >= 0.3 is 0 Å². The van der Waals surface area contributed by atoms with Crippen LogP contribution >= 0.6 is 0 Å². The summed E-state index contributed by atoms with van der Waals surface area (Å²) >= 11 is 0. The van der Waals surface area contributed by atoms with Gasteiger partial charge in [0.25, 0.3) is 0 Å². The van der Waals surface area contributed by atoms with Crippen molar-refractivity contribution in [1.82, 2.24) is 10.2 Å². The molecule has 0 saturated carbocycles. The van der Waals surface area contributed by atoms with Crippen molar-refractivity contribution in [2.75, 3.05) is 26.7 Å². The summed E-state index contributed by atoms with van der Waals surface area (Å²) in [5.74, 6) is 0. The summed E-state index contributed by atoms with van der Waals surface area (Å²) in [4.78, 5) is 2.77. The minimum absolute atomic E-state index is 0.436. The summed E-state index contributed by atoms with van der Waals surface area (Å²) in [7, 11) is 2.08. The lowest BCUT2D eigenvalue weighted by Crippen LogP contribution is -2.45. The molecule has 1 fully saturated rings. The number of nitrogens with zero attached hydrogens (tertiary/aromatic N) is 1. The van der Waals surface area contributed by atoms with Crippen LogP contribution in [0.15, 0.2) is 0 Å². The van der Waals surface area contributed by atoms with E-state index in [2.05, 4.69) is 45.0 Å². The first kappa shape index (κ1) is 18.0. The molecule has 1 unspecified atom stereocenters. The van der Waals surface area contributed by atoms with Crippen molar-refractivity contribution < 1.29 is 0 Å². The first-order valence-corrected chi connectivity index (χ1v) is 8.95. The normalized spacial score (nSPS) is 20.2. The van der Waals surface area contributed by atoms with Gasteiger partial charge in [0.1, 0.15) is 0 Å². The first-order chi connectivity index (χ1) is 9.55. The average Bonchev–Trinajstić information content (AvgIpc) is 3.03. The lowest BCUT2D eigenvalue weighted by molar-refractivity contribution is 0.0888. The molecule has 1 aliphatic rings. The highest BCUT2D eigenvalue weighted by Crippen LogP contribution is 2.40. The minimum Gasteiger partial charge on any atom is -0.320 e. The highest BCUT2D eigenvalue weighted by molar-refractivity contribution is 4.90. The molecule has 1 rings (SSSR count). The van der Waals surface area contributed by atoms with Crippen molar-refractivity contribution in [3.05, 3.63) is 0 Å². The molecule has 0 bridgehead atoms. The second-order valence-corrected chi connectivity index (χ2v) is 7.11. The average molecular weight is 283 g/mol. The zero-order chi connectivity index (χ0) is 15.1. The molecule has 0 amide bonds. The predicted octanol–water partition coefficient (Wildman–Crippen LogP) is 4.45. The second kappa shape index (κ2) is 8.38. The molecule has 1 N–H and O–H groups in total. The molecular formula is C18H38N2. The first-order valence-electron chi connectivity index (χ1n) is 8.95. The van der Waals surface area contributed by atoms with E-state index in [0.29, 0.717) is 11.0 Å². The van der Waals surface area contributed by atoms with E-state index < -0.39 is 0 Å². The van der Waals surface area contributed by atoms with E-state index in [9.17, 15) is 0 Å². The molecule has 1 atom stereocenters. The largest absolute Gasteiger partial charge is 0.320 e. The molecular weight excluding hydrogens is 244 g/mol. The summed E-state index contributed by atoms with van der Waals surface area (Å²) in [6, 6.07) is 0. The van der Waals surface area contributed by atoms with E-state index in [4.69, 9.17) is 0 Å². The molecule has 0 radical (unpaired) electrons. The molecule has 0 spiro atoms. The number of rotatable bonds is 10. The van der Waals surface area contributed by atoms with E-state index in [0.717, 1.165) is 6.54 Å². The van der Waals surface area contributed by atoms with Crippen molar-refractivity contribution >= 4 is 0 Å². The van der Waals surface area contributed by atoms with E-state index in [1.807, 2.05) is 0 Å². The molecule has 120 valence electrons. The Morgan fingerprint density at radius 2 is 1.50 bits per heavy atom. The Balaban J connectivity index is 2.63. The standard InChI is InChI=1S/C18H38N2/c1-6-17(4,20-15-9-10-16-20)11-12-18(7-2,8-3)13-14-19-5/h19H,6-16H2,1-5H3. The fraction of sp³-hybridized carbons (Fsp3) is 1.00. The van der Waals surface area contributed by atoms with Crippen LogP contribution in [0.25, 0.3) is 0 Å². The Labute approximate surface area is 127 Å². The smallest absolute Gasteiger partial charge is 0.0179 e. The van der Waals surface area contributed by atoms with E-state index >= 15 is 0 Å². The van der Waals surface area contributed by atoms with Crippen LogP contribution in [-0.2, 0) is 0 Å². The van der Waals surface area contributed by atoms with Crippen LogP contribution < -0.4 is 5.32 Å². The Morgan fingerprint density at radius 3 is 1.95 bits per heavy atom. The summed E-state index contributed by atoms with van der Waals surface area (Å²) < 4.78 is 0. The van der Waals surface area contributed by atoms with Gasteiger partial charge in [-0.2, -0.15) is 0 Å². The molecule has 1 aliphatic heterocycles. The zero-order valence-corrected chi connectivity index (χ0v) is 14.7. The number of hydrogen-bond acceptors (Lipinski definition) is 2. The van der Waals surface area contributed by atoms with Crippen LogP contribution in [-0.4, -0.2) is 37.1 Å². The summed E-state index contributed by atoms with van der Waals surface area (Å²) in [5, 5.41) is 3.35. The van der Waals surface area contributed by atoms with Crippen molar-refractivity contribution in [2.24, 2.45) is 5.41 Å². The van der Waals surface area contributed by atoms with Gasteiger partial charge in [0.05, 0.1) is 0 Å². The summed E-state index contributed by atoms with van der Waals surface area (Å²) in [5.41, 5.74) is 0.991. The van der Waals surface area contributed by atoms with Gasteiger partial charge in [-0.15, -0.1) is 0 Å². The predicted molar refractivity (Wildman–Crippen MR) is 90.3 cm³/mol. The second-order valence-electron chi connectivity index (χ2n) is 7.11. The quantitative estimate of drug-likeness (QED) is 0.637. The zero-order valence-electron chi connectivity index (χ0n) is 14.7. The van der Waals surface area contributed by atoms with Gasteiger partial charge in [-0.3, -0.25) is 4.90 Å². The highest BCUT2D eigenvalue weighted by Gasteiger charge is 2.35. The van der Waals surface area contributed by atoms with E-state index in [1.165, 1.54) is 64.5 Å². The summed E-state index contributed by atoms with van der Waals surface area (Å²) in [6.07, 6.45) is 10.8. The van der Waals surface area contributed by atoms with Gasteiger partial charge in [0, 0.05) is 5.54 Å². The van der Waals surface area contributed by atoms with Crippen molar-refractivity contribution in [3.8, 4) is 0 Å². The van der Waals surface area contributed by atoms with Gasteiger partial charge < -0.3 is 5.32 Å².